The topological polar surface area (TPSA) is 18.5 Å². The summed E-state index contributed by atoms with van der Waals surface area (Å²) in [5, 5.41) is 4.69. The molecule has 0 N–H and O–H groups in total. The molecule has 1 aliphatic rings. The quantitative estimate of drug-likeness (QED) is 0.226. The summed E-state index contributed by atoms with van der Waals surface area (Å²) >= 11 is 8.68. The van der Waals surface area contributed by atoms with E-state index in [2.05, 4.69) is 72.8 Å². The lowest BCUT2D eigenvalue weighted by molar-refractivity contribution is 0.289. The van der Waals surface area contributed by atoms with Gasteiger partial charge in [-0.25, -0.2) is 0 Å². The maximum atomic E-state index is 6.43. The van der Waals surface area contributed by atoms with Gasteiger partial charge in [-0.15, -0.1) is 22.7 Å². The van der Waals surface area contributed by atoms with E-state index in [1.165, 1.54) is 10.8 Å². The lowest BCUT2D eigenvalue weighted by Crippen LogP contribution is -2.04. The van der Waals surface area contributed by atoms with Gasteiger partial charge in [-0.1, -0.05) is 72.9 Å². The Morgan fingerprint density at radius 1 is 0.600 bits per heavy atom. The average Bonchev–Trinajstić information content (AvgIpc) is 3.15. The third kappa shape index (κ3) is 2.93. The van der Waals surface area contributed by atoms with Crippen LogP contribution in [-0.2, 0) is 13.2 Å². The average molecular weight is 445 g/mol. The van der Waals surface area contributed by atoms with Gasteiger partial charge in [-0.2, -0.15) is 0 Å². The van der Waals surface area contributed by atoms with Crippen LogP contribution < -0.4 is 9.47 Å². The van der Waals surface area contributed by atoms with Crippen molar-refractivity contribution < 1.29 is 9.47 Å². The number of ether oxygens (including phenoxy) is 2. The van der Waals surface area contributed by atoms with Crippen LogP contribution in [0.2, 0.25) is 0 Å². The van der Waals surface area contributed by atoms with Crippen LogP contribution in [0.15, 0.2) is 72.8 Å². The van der Waals surface area contributed by atoms with Gasteiger partial charge in [0.25, 0.3) is 0 Å². The van der Waals surface area contributed by atoms with Gasteiger partial charge in [0.05, 0.1) is 9.75 Å². The van der Waals surface area contributed by atoms with E-state index in [4.69, 9.17) is 21.7 Å². The van der Waals surface area contributed by atoms with Crippen molar-refractivity contribution in [2.75, 3.05) is 0 Å². The molecule has 4 aromatic carbocycles. The molecule has 2 heterocycles. The Kier molecular flexibility index (Phi) is 4.34. The van der Waals surface area contributed by atoms with Crippen LogP contribution in [0.25, 0.3) is 32.7 Å². The zero-order chi connectivity index (χ0) is 20.1. The van der Waals surface area contributed by atoms with Crippen molar-refractivity contribution in [3.8, 4) is 22.6 Å². The van der Waals surface area contributed by atoms with Gasteiger partial charge >= 0.3 is 0 Å². The molecule has 0 radical (unpaired) electrons. The first-order valence-corrected chi connectivity index (χ1v) is 11.7. The van der Waals surface area contributed by atoms with Crippen LogP contribution in [0.5, 0.6) is 11.5 Å². The standard InChI is InChI=1S/C25H16O2S3/c28-25-29-21-13-26-19-11-9-15-5-1-3-7-17(15)23(19)24-18-8-4-2-6-16(18)10-12-20(24)27-14-22(21)30-25/h1-12H,13-14H2. The van der Waals surface area contributed by atoms with Crippen molar-refractivity contribution >= 4 is 56.4 Å². The Bertz CT molecular complexity index is 1370. The highest BCUT2D eigenvalue weighted by atomic mass is 32.2. The van der Waals surface area contributed by atoms with Crippen LogP contribution >= 0.6 is 34.9 Å². The smallest absolute Gasteiger partial charge is 0.144 e. The Morgan fingerprint density at radius 2 is 1.07 bits per heavy atom. The zero-order valence-electron chi connectivity index (χ0n) is 15.9. The van der Waals surface area contributed by atoms with E-state index in [1.807, 2.05) is 0 Å². The van der Waals surface area contributed by atoms with E-state index in [-0.39, 0.29) is 0 Å². The van der Waals surface area contributed by atoms with E-state index < -0.39 is 0 Å². The third-order valence-corrected chi connectivity index (χ3v) is 8.16. The lowest BCUT2D eigenvalue weighted by atomic mass is 9.92. The molecule has 146 valence electrons. The number of hydrogen-bond acceptors (Lipinski definition) is 5. The largest absolute Gasteiger partial charge is 0.487 e. The molecule has 5 aromatic rings. The molecule has 6 rings (SSSR count). The number of benzene rings is 4. The molecule has 0 saturated heterocycles. The monoisotopic (exact) mass is 444 g/mol. The molecule has 0 fully saturated rings. The highest BCUT2D eigenvalue weighted by Crippen LogP contribution is 2.46. The molecule has 30 heavy (non-hydrogen) atoms. The molecule has 0 saturated carbocycles. The van der Waals surface area contributed by atoms with E-state index >= 15 is 0 Å². The summed E-state index contributed by atoms with van der Waals surface area (Å²) in [6.45, 7) is 1.00. The summed E-state index contributed by atoms with van der Waals surface area (Å²) in [6.07, 6.45) is 0. The second kappa shape index (κ2) is 7.20. The first kappa shape index (κ1) is 18.1. The number of hydrogen-bond donors (Lipinski definition) is 0. The van der Waals surface area contributed by atoms with Crippen molar-refractivity contribution in [1.29, 1.82) is 0 Å². The summed E-state index contributed by atoms with van der Waals surface area (Å²) in [6, 6.07) is 25.3. The molecule has 5 heteroatoms. The van der Waals surface area contributed by atoms with Gasteiger partial charge in [0.1, 0.15) is 27.9 Å². The minimum absolute atomic E-state index is 0.502. The summed E-state index contributed by atoms with van der Waals surface area (Å²) in [5.74, 6) is 1.74. The fourth-order valence-corrected chi connectivity index (χ4v) is 6.71. The molecule has 0 amide bonds. The predicted octanol–water partition coefficient (Wildman–Crippen LogP) is 7.98. The summed E-state index contributed by atoms with van der Waals surface area (Å²) in [4.78, 5) is 2.29. The lowest BCUT2D eigenvalue weighted by Gasteiger charge is -2.21. The van der Waals surface area contributed by atoms with Crippen LogP contribution in [0.3, 0.4) is 0 Å². The van der Waals surface area contributed by atoms with Crippen LogP contribution in [-0.4, -0.2) is 0 Å². The molecule has 0 unspecified atom stereocenters. The SMILES string of the molecule is S=c1sc2c(s1)COc1ccc3ccccc3c1-c1c(ccc3ccccc13)OC2. The highest BCUT2D eigenvalue weighted by Gasteiger charge is 2.21. The Labute approximate surface area is 187 Å². The van der Waals surface area contributed by atoms with E-state index in [0.717, 1.165) is 46.3 Å². The Balaban J connectivity index is 1.72. The number of fused-ring (bicyclic) bond motifs is 8. The fraction of sp³-hybridized carbons (Fsp3) is 0.0800. The van der Waals surface area contributed by atoms with Gasteiger partial charge in [0.15, 0.2) is 0 Å². The highest BCUT2D eigenvalue weighted by molar-refractivity contribution is 7.76. The summed E-state index contributed by atoms with van der Waals surface area (Å²) in [7, 11) is 0. The maximum absolute atomic E-state index is 6.43. The van der Waals surface area contributed by atoms with Crippen molar-refractivity contribution in [1.82, 2.24) is 0 Å². The molecule has 0 atom stereocenters. The molecular weight excluding hydrogens is 428 g/mol. The summed E-state index contributed by atoms with van der Waals surface area (Å²) < 4.78 is 13.8. The van der Waals surface area contributed by atoms with Crippen LogP contribution in [0, 0.1) is 3.14 Å². The third-order valence-electron chi connectivity index (χ3n) is 5.47. The fourth-order valence-electron chi connectivity index (χ4n) is 4.10. The van der Waals surface area contributed by atoms with E-state index in [9.17, 15) is 0 Å². The van der Waals surface area contributed by atoms with Crippen LogP contribution in [0.4, 0.5) is 0 Å². The molecule has 1 aromatic heterocycles. The van der Waals surface area contributed by atoms with E-state index in [0.29, 0.717) is 13.2 Å². The second-order valence-electron chi connectivity index (χ2n) is 7.20. The minimum Gasteiger partial charge on any atom is -0.487 e. The van der Waals surface area contributed by atoms with Gasteiger partial charge in [0, 0.05) is 11.1 Å². The van der Waals surface area contributed by atoms with Crippen molar-refractivity contribution in [3.63, 3.8) is 0 Å². The summed E-state index contributed by atoms with van der Waals surface area (Å²) in [5.41, 5.74) is 2.17. The van der Waals surface area contributed by atoms with Crippen molar-refractivity contribution in [2.24, 2.45) is 0 Å². The zero-order valence-corrected chi connectivity index (χ0v) is 18.3. The Hall–Kier alpha value is -2.73. The first-order valence-electron chi connectivity index (χ1n) is 9.69. The molecule has 2 nitrogen and oxygen atoms in total. The van der Waals surface area contributed by atoms with Gasteiger partial charge in [-0.3, -0.25) is 0 Å². The van der Waals surface area contributed by atoms with Gasteiger partial charge in [0.2, 0.25) is 0 Å². The molecule has 0 aliphatic carbocycles. The molecule has 0 spiro atoms. The van der Waals surface area contributed by atoms with Crippen molar-refractivity contribution in [2.45, 2.75) is 13.2 Å². The minimum atomic E-state index is 0.502. The molecule has 0 bridgehead atoms. The van der Waals surface area contributed by atoms with Crippen LogP contribution in [0.1, 0.15) is 9.75 Å². The first-order chi connectivity index (χ1) is 14.8. The maximum Gasteiger partial charge on any atom is 0.144 e. The second-order valence-corrected chi connectivity index (χ2v) is 10.6. The number of rotatable bonds is 0. The van der Waals surface area contributed by atoms with Gasteiger partial charge < -0.3 is 9.47 Å². The predicted molar refractivity (Wildman–Crippen MR) is 129 cm³/mol. The van der Waals surface area contributed by atoms with Crippen molar-refractivity contribution in [3.05, 3.63) is 85.7 Å². The van der Waals surface area contributed by atoms with E-state index in [1.54, 1.807) is 22.7 Å². The normalized spacial score (nSPS) is 13.1. The Morgan fingerprint density at radius 3 is 1.57 bits per heavy atom. The molecular formula is C25H16O2S3. The van der Waals surface area contributed by atoms with Gasteiger partial charge in [-0.05, 0) is 33.7 Å². The molecule has 1 aliphatic heterocycles.